The van der Waals surface area contributed by atoms with Crippen molar-refractivity contribution < 1.29 is 0 Å². The van der Waals surface area contributed by atoms with Crippen LogP contribution in [0.2, 0.25) is 0 Å². The fourth-order valence-electron chi connectivity index (χ4n) is 3.72. The molecular weight excluding hydrogens is 220 g/mol. The van der Waals surface area contributed by atoms with E-state index in [1.165, 1.54) is 58.2 Å². The number of hydrogen-bond acceptors (Lipinski definition) is 2. The van der Waals surface area contributed by atoms with Crippen molar-refractivity contribution in [1.29, 1.82) is 0 Å². The summed E-state index contributed by atoms with van der Waals surface area (Å²) in [5.41, 5.74) is 0. The molecule has 0 spiro atoms. The van der Waals surface area contributed by atoms with Gasteiger partial charge < -0.3 is 10.2 Å². The van der Waals surface area contributed by atoms with Crippen LogP contribution in [0, 0.1) is 11.8 Å². The van der Waals surface area contributed by atoms with Crippen LogP contribution in [-0.2, 0) is 0 Å². The van der Waals surface area contributed by atoms with Crippen molar-refractivity contribution in [3.63, 3.8) is 0 Å². The minimum absolute atomic E-state index is 0.695. The second kappa shape index (κ2) is 6.91. The second-order valence-electron chi connectivity index (χ2n) is 6.79. The lowest BCUT2D eigenvalue weighted by Crippen LogP contribution is -2.47. The SMILES string of the molecule is CCC1CCCC(N2CCC(C)NCC(C)C2)C1. The van der Waals surface area contributed by atoms with Gasteiger partial charge in [-0.3, -0.25) is 0 Å². The van der Waals surface area contributed by atoms with Gasteiger partial charge in [0.2, 0.25) is 0 Å². The van der Waals surface area contributed by atoms with E-state index in [2.05, 4.69) is 31.0 Å². The zero-order chi connectivity index (χ0) is 13.0. The highest BCUT2D eigenvalue weighted by Crippen LogP contribution is 2.30. The van der Waals surface area contributed by atoms with Crippen molar-refractivity contribution in [2.24, 2.45) is 11.8 Å². The number of nitrogens with zero attached hydrogens (tertiary/aromatic N) is 1. The zero-order valence-corrected chi connectivity index (χ0v) is 12.6. The summed E-state index contributed by atoms with van der Waals surface area (Å²) in [6.07, 6.45) is 8.56. The van der Waals surface area contributed by atoms with Gasteiger partial charge in [0, 0.05) is 18.6 Å². The lowest BCUT2D eigenvalue weighted by atomic mass is 9.83. The Bertz CT molecular complexity index is 241. The standard InChI is InChI=1S/C16H32N2/c1-4-15-6-5-7-16(10-15)18-9-8-14(3)17-11-13(2)12-18/h13-17H,4-12H2,1-3H3. The van der Waals surface area contributed by atoms with E-state index in [0.29, 0.717) is 6.04 Å². The van der Waals surface area contributed by atoms with Gasteiger partial charge in [-0.1, -0.05) is 33.1 Å². The maximum atomic E-state index is 3.65. The summed E-state index contributed by atoms with van der Waals surface area (Å²) in [4.78, 5) is 2.82. The smallest absolute Gasteiger partial charge is 0.00980 e. The van der Waals surface area contributed by atoms with Crippen LogP contribution in [0.1, 0.15) is 59.3 Å². The van der Waals surface area contributed by atoms with Crippen molar-refractivity contribution in [3.8, 4) is 0 Å². The monoisotopic (exact) mass is 252 g/mol. The molecule has 0 amide bonds. The lowest BCUT2D eigenvalue weighted by molar-refractivity contribution is 0.0991. The summed E-state index contributed by atoms with van der Waals surface area (Å²) >= 11 is 0. The molecule has 18 heavy (non-hydrogen) atoms. The van der Waals surface area contributed by atoms with E-state index in [0.717, 1.165) is 17.9 Å². The Hall–Kier alpha value is -0.0800. The maximum absolute atomic E-state index is 3.65. The third kappa shape index (κ3) is 3.96. The predicted octanol–water partition coefficient (Wildman–Crippen LogP) is 3.28. The highest BCUT2D eigenvalue weighted by Gasteiger charge is 2.27. The van der Waals surface area contributed by atoms with Crippen molar-refractivity contribution in [2.45, 2.75) is 71.4 Å². The van der Waals surface area contributed by atoms with Gasteiger partial charge >= 0.3 is 0 Å². The summed E-state index contributed by atoms with van der Waals surface area (Å²) in [7, 11) is 0. The van der Waals surface area contributed by atoms with Crippen LogP contribution < -0.4 is 5.32 Å². The Balaban J connectivity index is 1.92. The highest BCUT2D eigenvalue weighted by atomic mass is 15.2. The van der Waals surface area contributed by atoms with Crippen molar-refractivity contribution >= 4 is 0 Å². The quantitative estimate of drug-likeness (QED) is 0.811. The van der Waals surface area contributed by atoms with Gasteiger partial charge in [0.1, 0.15) is 0 Å². The first-order valence-electron chi connectivity index (χ1n) is 8.16. The summed E-state index contributed by atoms with van der Waals surface area (Å²) < 4.78 is 0. The molecule has 4 atom stereocenters. The molecule has 4 unspecified atom stereocenters. The molecule has 0 aromatic rings. The van der Waals surface area contributed by atoms with Crippen LogP contribution in [0.5, 0.6) is 0 Å². The molecule has 1 saturated heterocycles. The van der Waals surface area contributed by atoms with Gasteiger partial charge in [0.15, 0.2) is 0 Å². The fourth-order valence-corrected chi connectivity index (χ4v) is 3.72. The molecule has 2 rings (SSSR count). The van der Waals surface area contributed by atoms with E-state index < -0.39 is 0 Å². The van der Waals surface area contributed by atoms with Gasteiger partial charge in [-0.05, 0) is 51.1 Å². The largest absolute Gasteiger partial charge is 0.314 e. The maximum Gasteiger partial charge on any atom is 0.00980 e. The first-order valence-corrected chi connectivity index (χ1v) is 8.16. The molecule has 1 saturated carbocycles. The first kappa shape index (κ1) is 14.3. The third-order valence-electron chi connectivity index (χ3n) is 5.06. The van der Waals surface area contributed by atoms with E-state index in [1.54, 1.807) is 0 Å². The molecule has 2 heteroatoms. The zero-order valence-electron chi connectivity index (χ0n) is 12.6. The second-order valence-corrected chi connectivity index (χ2v) is 6.79. The third-order valence-corrected chi connectivity index (χ3v) is 5.06. The molecule has 106 valence electrons. The summed E-state index contributed by atoms with van der Waals surface area (Å²) in [5, 5.41) is 3.65. The van der Waals surface area contributed by atoms with Crippen molar-refractivity contribution in [1.82, 2.24) is 10.2 Å². The molecule has 0 radical (unpaired) electrons. The molecule has 1 heterocycles. The minimum Gasteiger partial charge on any atom is -0.314 e. The van der Waals surface area contributed by atoms with Crippen LogP contribution in [0.3, 0.4) is 0 Å². The highest BCUT2D eigenvalue weighted by molar-refractivity contribution is 4.83. The average Bonchev–Trinajstić information content (AvgIpc) is 2.39. The molecular formula is C16H32N2. The van der Waals surface area contributed by atoms with Crippen LogP contribution in [0.4, 0.5) is 0 Å². The van der Waals surface area contributed by atoms with E-state index in [-0.39, 0.29) is 0 Å². The van der Waals surface area contributed by atoms with Crippen LogP contribution >= 0.6 is 0 Å². The minimum atomic E-state index is 0.695. The number of hydrogen-bond donors (Lipinski definition) is 1. The van der Waals surface area contributed by atoms with E-state index in [9.17, 15) is 0 Å². The Morgan fingerprint density at radius 3 is 2.78 bits per heavy atom. The topological polar surface area (TPSA) is 15.3 Å². The Labute approximate surface area is 114 Å². The average molecular weight is 252 g/mol. The van der Waals surface area contributed by atoms with Gasteiger partial charge in [-0.2, -0.15) is 0 Å². The molecule has 1 aliphatic heterocycles. The van der Waals surface area contributed by atoms with E-state index in [1.807, 2.05) is 0 Å². The van der Waals surface area contributed by atoms with E-state index in [4.69, 9.17) is 0 Å². The van der Waals surface area contributed by atoms with Crippen LogP contribution in [-0.4, -0.2) is 36.6 Å². The van der Waals surface area contributed by atoms with Gasteiger partial charge in [-0.15, -0.1) is 0 Å². The van der Waals surface area contributed by atoms with E-state index >= 15 is 0 Å². The lowest BCUT2D eigenvalue weighted by Gasteiger charge is -2.40. The first-order chi connectivity index (χ1) is 8.69. The molecule has 1 N–H and O–H groups in total. The molecule has 0 aromatic carbocycles. The summed E-state index contributed by atoms with van der Waals surface area (Å²) in [5.74, 6) is 1.80. The molecule has 2 aliphatic rings. The van der Waals surface area contributed by atoms with Gasteiger partial charge in [0.25, 0.3) is 0 Å². The molecule has 2 nitrogen and oxygen atoms in total. The molecule has 0 aromatic heterocycles. The van der Waals surface area contributed by atoms with Gasteiger partial charge in [-0.25, -0.2) is 0 Å². The number of rotatable bonds is 2. The van der Waals surface area contributed by atoms with Crippen LogP contribution in [0.15, 0.2) is 0 Å². The Morgan fingerprint density at radius 1 is 1.17 bits per heavy atom. The Kier molecular flexibility index (Phi) is 5.50. The molecule has 2 fully saturated rings. The summed E-state index contributed by atoms with van der Waals surface area (Å²) in [6.45, 7) is 10.9. The van der Waals surface area contributed by atoms with Crippen molar-refractivity contribution in [2.75, 3.05) is 19.6 Å². The number of nitrogens with one attached hydrogen (secondary N) is 1. The molecule has 0 bridgehead atoms. The van der Waals surface area contributed by atoms with Crippen LogP contribution in [0.25, 0.3) is 0 Å². The van der Waals surface area contributed by atoms with Crippen molar-refractivity contribution in [3.05, 3.63) is 0 Å². The summed E-state index contributed by atoms with van der Waals surface area (Å²) in [6, 6.07) is 1.58. The van der Waals surface area contributed by atoms with Gasteiger partial charge in [0.05, 0.1) is 0 Å². The fraction of sp³-hybridized carbons (Fsp3) is 1.00. The molecule has 1 aliphatic carbocycles. The normalized spacial score (nSPS) is 40.2. The Morgan fingerprint density at radius 2 is 2.00 bits per heavy atom. The predicted molar refractivity (Wildman–Crippen MR) is 78.9 cm³/mol.